The van der Waals surface area contributed by atoms with Crippen LogP contribution in [0.5, 0.6) is 5.75 Å². The number of aromatic hydroxyl groups is 1. The molecule has 0 aliphatic carbocycles. The second-order valence-electron chi connectivity index (χ2n) is 22.3. The summed E-state index contributed by atoms with van der Waals surface area (Å²) in [6.07, 6.45) is 1.41. The van der Waals surface area contributed by atoms with E-state index in [9.17, 15) is 48.3 Å². The van der Waals surface area contributed by atoms with Gasteiger partial charge in [0.1, 0.15) is 48.0 Å². The molecule has 0 spiro atoms. The maximum absolute atomic E-state index is 14.9. The summed E-state index contributed by atoms with van der Waals surface area (Å²) in [4.78, 5) is 133. The fourth-order valence-corrected chi connectivity index (χ4v) is 9.71. The number of guanidine groups is 1. The summed E-state index contributed by atoms with van der Waals surface area (Å²) in [7, 11) is 0. The van der Waals surface area contributed by atoms with E-state index in [1.54, 1.807) is 48.5 Å². The largest absolute Gasteiger partial charge is 0.508 e. The van der Waals surface area contributed by atoms with Crippen LogP contribution in [0.2, 0.25) is 0 Å². The van der Waals surface area contributed by atoms with E-state index in [2.05, 4.69) is 58.2 Å². The highest BCUT2D eigenvalue weighted by Crippen LogP contribution is 2.18. The summed E-state index contributed by atoms with van der Waals surface area (Å²) in [5.74, 6) is -7.48. The molecule has 1 aliphatic rings. The lowest BCUT2D eigenvalue weighted by Crippen LogP contribution is -2.60. The first kappa shape index (κ1) is 68.1. The minimum atomic E-state index is -1.49. The molecule has 7 unspecified atom stereocenters. The Morgan fingerprint density at radius 1 is 0.558 bits per heavy atom. The lowest BCUT2D eigenvalue weighted by Gasteiger charge is -2.27. The number of benzene rings is 4. The molecule has 5 rings (SSSR count). The number of phenolic OH excluding ortho intramolecular Hbond substituents is 1. The number of aliphatic imine (C=N–C) groups is 1. The number of primary amides is 1. The van der Waals surface area contributed by atoms with Gasteiger partial charge in [-0.25, -0.2) is 0 Å². The zero-order valence-corrected chi connectivity index (χ0v) is 49.8. The molecule has 7 atom stereocenters. The molecular formula is C62H88N14O10. The molecule has 0 bridgehead atoms. The fraction of sp³-hybridized carbons (Fsp3) is 0.484. The van der Waals surface area contributed by atoms with Gasteiger partial charge in [-0.05, 0) is 110 Å². The van der Waals surface area contributed by atoms with Crippen LogP contribution in [0.1, 0.15) is 109 Å². The predicted octanol–water partition coefficient (Wildman–Crippen LogP) is 0.752. The quantitative estimate of drug-likeness (QED) is 0.0248. The van der Waals surface area contributed by atoms with Crippen molar-refractivity contribution in [1.82, 2.24) is 53.2 Å². The molecule has 24 heteroatoms. The summed E-state index contributed by atoms with van der Waals surface area (Å²) in [5, 5.41) is 40.4. The Labute approximate surface area is 502 Å². The molecule has 4 aromatic rings. The van der Waals surface area contributed by atoms with Crippen molar-refractivity contribution in [2.75, 3.05) is 26.2 Å². The first-order valence-electron chi connectivity index (χ1n) is 29.6. The third-order valence-corrected chi connectivity index (χ3v) is 14.4. The number of nitrogens with one attached hydrogen (secondary N) is 10. The molecule has 1 saturated heterocycles. The van der Waals surface area contributed by atoms with Gasteiger partial charge in [0.2, 0.25) is 53.2 Å². The highest BCUT2D eigenvalue weighted by Gasteiger charge is 2.34. The molecule has 1 fully saturated rings. The number of unbranched alkanes of at least 4 members (excludes halogenated alkanes) is 2. The van der Waals surface area contributed by atoms with E-state index in [0.717, 1.165) is 10.8 Å². The van der Waals surface area contributed by atoms with E-state index in [1.807, 2.05) is 64.1 Å². The number of rotatable bonds is 25. The summed E-state index contributed by atoms with van der Waals surface area (Å²) < 4.78 is 0. The zero-order chi connectivity index (χ0) is 62.5. The molecule has 24 nitrogen and oxygen atoms in total. The lowest BCUT2D eigenvalue weighted by atomic mass is 10.00. The van der Waals surface area contributed by atoms with Crippen molar-refractivity contribution in [2.24, 2.45) is 22.2 Å². The SMILES string of the molecule is CC(C)NCCCCC(NC(=O)C1CCC(=O)NC(Cc2ccccc2)C(=O)NC(Cc2ccc(O)cc2)C(=O)NC(CCCCNC(C)C)C(=O)NC(CCCN=C(N)N)C(=O)NC(Cc2ccc3ccccc3c2)C(=O)NCC(=O)N1)C(N)=O. The van der Waals surface area contributed by atoms with Crippen molar-refractivity contribution in [3.63, 3.8) is 0 Å². The van der Waals surface area contributed by atoms with Crippen molar-refractivity contribution < 1.29 is 48.3 Å². The minimum Gasteiger partial charge on any atom is -0.508 e. The second kappa shape index (κ2) is 35.6. The first-order chi connectivity index (χ1) is 41.1. The summed E-state index contributed by atoms with van der Waals surface area (Å²) in [6.45, 7) is 8.55. The third-order valence-electron chi connectivity index (χ3n) is 14.4. The summed E-state index contributed by atoms with van der Waals surface area (Å²) in [5.41, 5.74) is 18.8. The number of nitrogens with zero attached hydrogens (tertiary/aromatic N) is 1. The predicted molar refractivity (Wildman–Crippen MR) is 328 cm³/mol. The topological polar surface area (TPSA) is 385 Å². The van der Waals surface area contributed by atoms with Crippen LogP contribution in [0.4, 0.5) is 0 Å². The minimum absolute atomic E-state index is 0.0514. The third kappa shape index (κ3) is 24.5. The number of amides is 9. The van der Waals surface area contributed by atoms with Crippen molar-refractivity contribution >= 4 is 69.9 Å². The number of hydrogen-bond donors (Lipinski definition) is 14. The Morgan fingerprint density at radius 3 is 1.67 bits per heavy atom. The van der Waals surface area contributed by atoms with Crippen molar-refractivity contribution in [2.45, 2.75) is 166 Å². The van der Waals surface area contributed by atoms with Gasteiger partial charge in [-0.1, -0.05) is 113 Å². The zero-order valence-electron chi connectivity index (χ0n) is 49.8. The standard InChI is InChI=1S/C62H88N14O10/c1-38(2)66-30-12-10-19-46(55(63)80)72-59(84)49-28-29-53(78)71-51(34-40-15-6-5-7-16-40)60(85)76-52(35-41-23-26-45(77)27-24-41)61(86)74-47(20-11-13-31-67-39(3)4)57(82)73-48(21-14-32-68-62(64)65)58(83)75-50(56(81)69-37-54(79)70-49)36-42-22-25-43-17-8-9-18-44(43)33-42/h5-9,15-18,22-27,33,38-39,46-52,66-67,77H,10-14,19-21,28-32,34-37H2,1-4H3,(H2,63,80)(H,69,81)(H,70,79)(H,71,78)(H,72,84)(H,73,82)(H,74,86)(H,75,83)(H,76,85)(H4,64,65,68). The molecule has 0 saturated carbocycles. The van der Waals surface area contributed by atoms with Gasteiger partial charge >= 0.3 is 0 Å². The van der Waals surface area contributed by atoms with E-state index in [4.69, 9.17) is 17.2 Å². The van der Waals surface area contributed by atoms with Crippen LogP contribution in [0, 0.1) is 0 Å². The molecule has 1 aliphatic heterocycles. The maximum atomic E-state index is 14.9. The van der Waals surface area contributed by atoms with Crippen LogP contribution in [-0.2, 0) is 62.4 Å². The average molecular weight is 1190 g/mol. The Balaban J connectivity index is 1.58. The number of carbonyl (C=O) groups is 9. The smallest absolute Gasteiger partial charge is 0.243 e. The van der Waals surface area contributed by atoms with Crippen LogP contribution < -0.4 is 70.4 Å². The van der Waals surface area contributed by atoms with Crippen LogP contribution >= 0.6 is 0 Å². The highest BCUT2D eigenvalue weighted by atomic mass is 16.3. The maximum Gasteiger partial charge on any atom is 0.243 e. The van der Waals surface area contributed by atoms with Gasteiger partial charge in [0.25, 0.3) is 0 Å². The van der Waals surface area contributed by atoms with E-state index in [1.165, 1.54) is 12.1 Å². The molecule has 86 heavy (non-hydrogen) atoms. The normalized spacial score (nSPS) is 20.1. The Kier molecular flexibility index (Phi) is 28.2. The average Bonchev–Trinajstić information content (AvgIpc) is 3.67. The van der Waals surface area contributed by atoms with Crippen molar-refractivity contribution in [1.29, 1.82) is 0 Å². The molecule has 4 aromatic carbocycles. The first-order valence-corrected chi connectivity index (χ1v) is 29.6. The van der Waals surface area contributed by atoms with Gasteiger partial charge in [-0.2, -0.15) is 0 Å². The van der Waals surface area contributed by atoms with Gasteiger partial charge in [-0.3, -0.25) is 48.1 Å². The van der Waals surface area contributed by atoms with Crippen LogP contribution in [0.15, 0.2) is 102 Å². The van der Waals surface area contributed by atoms with Crippen LogP contribution in [0.25, 0.3) is 10.8 Å². The van der Waals surface area contributed by atoms with E-state index in [0.29, 0.717) is 55.5 Å². The van der Waals surface area contributed by atoms with Crippen molar-refractivity contribution in [3.8, 4) is 5.75 Å². The van der Waals surface area contributed by atoms with Gasteiger partial charge < -0.3 is 75.5 Å². The second-order valence-corrected chi connectivity index (χ2v) is 22.3. The number of hydrogen-bond acceptors (Lipinski definition) is 13. The summed E-state index contributed by atoms with van der Waals surface area (Å²) >= 11 is 0. The van der Waals surface area contributed by atoms with E-state index in [-0.39, 0.29) is 81.7 Å². The van der Waals surface area contributed by atoms with Gasteiger partial charge in [0.05, 0.1) is 6.54 Å². The Bertz CT molecular complexity index is 2920. The van der Waals surface area contributed by atoms with Gasteiger partial charge in [0, 0.05) is 44.3 Å². The van der Waals surface area contributed by atoms with Gasteiger partial charge in [0.15, 0.2) is 5.96 Å². The molecule has 0 aromatic heterocycles. The van der Waals surface area contributed by atoms with E-state index >= 15 is 0 Å². The molecule has 1 heterocycles. The van der Waals surface area contributed by atoms with Gasteiger partial charge in [-0.15, -0.1) is 0 Å². The molecular weight excluding hydrogens is 1100 g/mol. The Hall–Kier alpha value is -8.64. The number of phenols is 1. The fourth-order valence-electron chi connectivity index (χ4n) is 9.71. The summed E-state index contributed by atoms with van der Waals surface area (Å²) in [6, 6.07) is 18.8. The highest BCUT2D eigenvalue weighted by molar-refractivity contribution is 5.98. The van der Waals surface area contributed by atoms with E-state index < -0.39 is 108 Å². The lowest BCUT2D eigenvalue weighted by molar-refractivity contribution is -0.135. The van der Waals surface area contributed by atoms with Crippen LogP contribution in [-0.4, -0.2) is 145 Å². The van der Waals surface area contributed by atoms with Crippen molar-refractivity contribution in [3.05, 3.63) is 114 Å². The molecule has 9 amide bonds. The Morgan fingerprint density at radius 2 is 1.07 bits per heavy atom. The number of carbonyl (C=O) groups excluding carboxylic acids is 9. The number of fused-ring (bicyclic) bond motifs is 1. The number of nitrogens with two attached hydrogens (primary N) is 3. The monoisotopic (exact) mass is 1190 g/mol. The molecule has 0 radical (unpaired) electrons. The molecule has 466 valence electrons. The van der Waals surface area contributed by atoms with Crippen LogP contribution in [0.3, 0.4) is 0 Å². The molecule has 17 N–H and O–H groups in total.